The number of amides is 1. The number of primary amides is 1. The first-order valence-corrected chi connectivity index (χ1v) is 5.25. The third-order valence-corrected chi connectivity index (χ3v) is 2.47. The molecule has 1 heterocycles. The topological polar surface area (TPSA) is 82.3 Å². The van der Waals surface area contributed by atoms with Crippen molar-refractivity contribution < 1.29 is 27.5 Å². The zero-order chi connectivity index (χ0) is 14.7. The lowest BCUT2D eigenvalue weighted by Crippen LogP contribution is -2.47. The van der Waals surface area contributed by atoms with Crippen LogP contribution in [0.4, 0.5) is 13.2 Å². The van der Waals surface area contributed by atoms with Gasteiger partial charge in [0.2, 0.25) is 5.60 Å². The fourth-order valence-electron chi connectivity index (χ4n) is 1.47. The van der Waals surface area contributed by atoms with Gasteiger partial charge in [0.05, 0.1) is 5.69 Å². The van der Waals surface area contributed by atoms with Crippen LogP contribution in [0.3, 0.4) is 0 Å². The quantitative estimate of drug-likeness (QED) is 0.840. The van der Waals surface area contributed by atoms with Gasteiger partial charge in [-0.25, -0.2) is 4.79 Å². The van der Waals surface area contributed by atoms with Crippen LogP contribution in [-0.2, 0) is 19.9 Å². The number of carbonyl (C=O) groups is 2. The van der Waals surface area contributed by atoms with Gasteiger partial charge in [0.25, 0.3) is 5.91 Å². The number of halogens is 3. The second-order valence-electron chi connectivity index (χ2n) is 3.65. The van der Waals surface area contributed by atoms with Gasteiger partial charge in [-0.3, -0.25) is 9.78 Å². The number of hydrogen-bond acceptors (Lipinski definition) is 4. The highest BCUT2D eigenvalue weighted by atomic mass is 19.4. The molecule has 0 aromatic carbocycles. The van der Waals surface area contributed by atoms with Crippen molar-refractivity contribution >= 4 is 11.9 Å². The summed E-state index contributed by atoms with van der Waals surface area (Å²) in [6.45, 7) is 1.36. The third-order valence-electron chi connectivity index (χ3n) is 2.47. The Balaban J connectivity index is 3.22. The molecule has 0 saturated heterocycles. The van der Waals surface area contributed by atoms with E-state index in [0.29, 0.717) is 0 Å². The summed E-state index contributed by atoms with van der Waals surface area (Å²) in [5, 5.41) is 0. The average molecular weight is 276 g/mol. The Labute approximate surface area is 106 Å². The lowest BCUT2D eigenvalue weighted by atomic mass is 9.94. The molecule has 5 nitrogen and oxygen atoms in total. The zero-order valence-corrected chi connectivity index (χ0v) is 9.90. The number of carbonyl (C=O) groups excluding carboxylic acids is 2. The minimum absolute atomic E-state index is 0.150. The van der Waals surface area contributed by atoms with Crippen molar-refractivity contribution in [2.75, 3.05) is 0 Å². The largest absolute Gasteiger partial charge is 0.490 e. The molecular weight excluding hydrogens is 265 g/mol. The van der Waals surface area contributed by atoms with Crippen molar-refractivity contribution in [2.24, 2.45) is 5.73 Å². The molecule has 104 valence electrons. The summed E-state index contributed by atoms with van der Waals surface area (Å²) in [6.07, 6.45) is -4.23. The molecule has 0 aliphatic carbocycles. The van der Waals surface area contributed by atoms with E-state index in [0.717, 1.165) is 0 Å². The second-order valence-corrected chi connectivity index (χ2v) is 3.65. The summed E-state index contributed by atoms with van der Waals surface area (Å²) in [7, 11) is 0. The van der Waals surface area contributed by atoms with Crippen LogP contribution in [0.2, 0.25) is 0 Å². The second kappa shape index (κ2) is 5.25. The number of esters is 1. The molecule has 1 atom stereocenters. The highest BCUT2D eigenvalue weighted by molar-refractivity contribution is 5.88. The molecule has 1 aromatic heterocycles. The minimum atomic E-state index is -5.22. The lowest BCUT2D eigenvalue weighted by Gasteiger charge is -2.28. The monoisotopic (exact) mass is 276 g/mol. The Morgan fingerprint density at radius 2 is 2.00 bits per heavy atom. The first-order valence-electron chi connectivity index (χ1n) is 5.25. The first kappa shape index (κ1) is 14.9. The molecule has 0 aliphatic rings. The molecule has 8 heteroatoms. The molecule has 0 saturated carbocycles. The Bertz CT molecular complexity index is 476. The van der Waals surface area contributed by atoms with Crippen LogP contribution in [0.1, 0.15) is 19.0 Å². The van der Waals surface area contributed by atoms with Gasteiger partial charge < -0.3 is 10.5 Å². The Kier molecular flexibility index (Phi) is 4.13. The van der Waals surface area contributed by atoms with Crippen LogP contribution < -0.4 is 5.73 Å². The van der Waals surface area contributed by atoms with Crippen molar-refractivity contribution in [2.45, 2.75) is 25.1 Å². The zero-order valence-electron chi connectivity index (χ0n) is 9.90. The van der Waals surface area contributed by atoms with E-state index in [9.17, 15) is 22.8 Å². The van der Waals surface area contributed by atoms with Crippen LogP contribution in [0.25, 0.3) is 0 Å². The molecular formula is C11H11F3N2O3. The first-order chi connectivity index (χ1) is 8.74. The molecule has 0 radical (unpaired) electrons. The molecule has 0 aliphatic heterocycles. The highest BCUT2D eigenvalue weighted by Crippen LogP contribution is 2.31. The van der Waals surface area contributed by atoms with E-state index >= 15 is 0 Å². The van der Waals surface area contributed by atoms with Crippen LogP contribution >= 0.6 is 0 Å². The summed E-state index contributed by atoms with van der Waals surface area (Å²) in [5.74, 6) is -3.70. The maximum Gasteiger partial charge on any atom is 0.490 e. The van der Waals surface area contributed by atoms with Crippen molar-refractivity contribution in [1.29, 1.82) is 0 Å². The van der Waals surface area contributed by atoms with E-state index < -0.39 is 23.7 Å². The predicted molar refractivity (Wildman–Crippen MR) is 57.5 cm³/mol. The van der Waals surface area contributed by atoms with Crippen molar-refractivity contribution in [3.8, 4) is 0 Å². The van der Waals surface area contributed by atoms with Gasteiger partial charge in [-0.15, -0.1) is 0 Å². The summed E-state index contributed by atoms with van der Waals surface area (Å²) >= 11 is 0. The van der Waals surface area contributed by atoms with Crippen LogP contribution in [0, 0.1) is 0 Å². The van der Waals surface area contributed by atoms with Gasteiger partial charge >= 0.3 is 12.1 Å². The Morgan fingerprint density at radius 1 is 1.37 bits per heavy atom. The summed E-state index contributed by atoms with van der Waals surface area (Å²) in [4.78, 5) is 26.1. The number of alkyl halides is 3. The molecule has 0 fully saturated rings. The van der Waals surface area contributed by atoms with E-state index in [1.807, 2.05) is 0 Å². The van der Waals surface area contributed by atoms with Gasteiger partial charge in [0, 0.05) is 6.20 Å². The number of ether oxygens (including phenoxy) is 1. The number of nitrogens with two attached hydrogens (primary N) is 1. The normalized spacial score (nSPS) is 14.5. The van der Waals surface area contributed by atoms with Crippen molar-refractivity contribution in [1.82, 2.24) is 4.98 Å². The molecule has 0 bridgehead atoms. The van der Waals surface area contributed by atoms with Gasteiger partial charge in [0.1, 0.15) is 0 Å². The predicted octanol–water partition coefficient (Wildman–Crippen LogP) is 1.28. The van der Waals surface area contributed by atoms with E-state index in [-0.39, 0.29) is 12.1 Å². The number of hydrogen-bond donors (Lipinski definition) is 1. The number of aromatic nitrogens is 1. The Morgan fingerprint density at radius 3 is 2.37 bits per heavy atom. The fourth-order valence-corrected chi connectivity index (χ4v) is 1.47. The van der Waals surface area contributed by atoms with Gasteiger partial charge in [0.15, 0.2) is 0 Å². The van der Waals surface area contributed by atoms with Crippen LogP contribution in [0.5, 0.6) is 0 Å². The van der Waals surface area contributed by atoms with E-state index in [2.05, 4.69) is 9.72 Å². The number of rotatable bonds is 4. The Hall–Kier alpha value is -2.12. The summed E-state index contributed by atoms with van der Waals surface area (Å²) in [6, 6.07) is 4.20. The molecule has 19 heavy (non-hydrogen) atoms. The van der Waals surface area contributed by atoms with Gasteiger partial charge in [-0.2, -0.15) is 13.2 Å². The number of nitrogens with zero attached hydrogens (tertiary/aromatic N) is 1. The van der Waals surface area contributed by atoms with Gasteiger partial charge in [-0.1, -0.05) is 13.0 Å². The molecule has 2 N–H and O–H groups in total. The fraction of sp³-hybridized carbons (Fsp3) is 0.364. The average Bonchev–Trinajstić information content (AvgIpc) is 2.35. The molecule has 1 aromatic rings. The smallest absolute Gasteiger partial charge is 0.436 e. The molecule has 1 rings (SSSR count). The van der Waals surface area contributed by atoms with E-state index in [1.54, 1.807) is 0 Å². The molecule has 0 spiro atoms. The van der Waals surface area contributed by atoms with Crippen molar-refractivity contribution in [3.05, 3.63) is 30.1 Å². The van der Waals surface area contributed by atoms with E-state index in [4.69, 9.17) is 5.73 Å². The maximum absolute atomic E-state index is 12.2. The third kappa shape index (κ3) is 3.01. The lowest BCUT2D eigenvalue weighted by molar-refractivity contribution is -0.215. The maximum atomic E-state index is 12.2. The van der Waals surface area contributed by atoms with E-state index in [1.165, 1.54) is 31.3 Å². The highest BCUT2D eigenvalue weighted by Gasteiger charge is 2.50. The van der Waals surface area contributed by atoms with Crippen LogP contribution in [-0.4, -0.2) is 23.0 Å². The SMILES string of the molecule is CCC(OC(=O)C(F)(F)F)(C(N)=O)c1ccccn1. The van der Waals surface area contributed by atoms with Crippen molar-refractivity contribution in [3.63, 3.8) is 0 Å². The summed E-state index contributed by atoms with van der Waals surface area (Å²) in [5.41, 5.74) is 2.70. The summed E-state index contributed by atoms with van der Waals surface area (Å²) < 4.78 is 41.0. The van der Waals surface area contributed by atoms with Crippen LogP contribution in [0.15, 0.2) is 24.4 Å². The number of pyridine rings is 1. The standard InChI is InChI=1S/C11H11F3N2O3/c1-2-10(8(15)17,7-5-3-4-6-16-7)19-9(18)11(12,13)14/h3-6H,2H2,1H3,(H2,15,17). The molecule has 1 unspecified atom stereocenters. The minimum Gasteiger partial charge on any atom is -0.436 e. The van der Waals surface area contributed by atoms with Gasteiger partial charge in [-0.05, 0) is 18.6 Å². The molecule has 1 amide bonds.